The molecule has 1 aromatic heterocycles. The summed E-state index contributed by atoms with van der Waals surface area (Å²) in [6.45, 7) is 1.35. The largest absolute Gasteiger partial charge is 0.497 e. The average molecular weight is 437 g/mol. The first-order valence-electron chi connectivity index (χ1n) is 10.4. The minimum atomic E-state index is -3.57. The number of sulfonamides is 1. The molecule has 0 radical (unpaired) electrons. The molecule has 1 fully saturated rings. The second-order valence-electron chi connectivity index (χ2n) is 8.24. The highest BCUT2D eigenvalue weighted by molar-refractivity contribution is 7.89. The van der Waals surface area contributed by atoms with Crippen LogP contribution in [-0.4, -0.2) is 37.5 Å². The maximum absolute atomic E-state index is 13.3. The van der Waals surface area contributed by atoms with Crippen LogP contribution in [0, 0.1) is 5.92 Å². The molecule has 0 N–H and O–H groups in total. The average Bonchev–Trinajstić information content (AvgIpc) is 2.80. The zero-order valence-corrected chi connectivity index (χ0v) is 18.1. The van der Waals surface area contributed by atoms with Gasteiger partial charge in [0.15, 0.2) is 0 Å². The number of benzene rings is 2. The molecular formula is C24H24N2O4S. The third kappa shape index (κ3) is 3.47. The normalized spacial score (nSPS) is 20.8. The number of hydrogen-bond acceptors (Lipinski definition) is 4. The Morgan fingerprint density at radius 3 is 2.35 bits per heavy atom. The van der Waals surface area contributed by atoms with Gasteiger partial charge in [-0.05, 0) is 48.2 Å². The van der Waals surface area contributed by atoms with Crippen LogP contribution in [0.3, 0.4) is 0 Å². The number of hydrogen-bond donors (Lipinski definition) is 0. The zero-order chi connectivity index (χ0) is 21.6. The third-order valence-electron chi connectivity index (χ3n) is 6.34. The van der Waals surface area contributed by atoms with E-state index in [-0.39, 0.29) is 17.4 Å². The van der Waals surface area contributed by atoms with Gasteiger partial charge in [0, 0.05) is 42.9 Å². The van der Waals surface area contributed by atoms with Crippen LogP contribution in [0.1, 0.15) is 18.0 Å². The first-order chi connectivity index (χ1) is 15.0. The quantitative estimate of drug-likeness (QED) is 0.629. The Bertz CT molecular complexity index is 1270. The molecule has 0 spiro atoms. The van der Waals surface area contributed by atoms with E-state index in [1.165, 1.54) is 0 Å². The van der Waals surface area contributed by atoms with Gasteiger partial charge in [0.05, 0.1) is 12.0 Å². The summed E-state index contributed by atoms with van der Waals surface area (Å²) in [5.41, 5.74) is 2.87. The van der Waals surface area contributed by atoms with Crippen LogP contribution in [0.4, 0.5) is 0 Å². The molecule has 0 amide bonds. The first-order valence-corrected chi connectivity index (χ1v) is 11.8. The fourth-order valence-electron chi connectivity index (χ4n) is 4.92. The van der Waals surface area contributed by atoms with Crippen molar-refractivity contribution in [3.8, 4) is 16.9 Å². The van der Waals surface area contributed by atoms with Crippen LogP contribution in [0.15, 0.2) is 76.4 Å². The second-order valence-corrected chi connectivity index (χ2v) is 10.2. The van der Waals surface area contributed by atoms with E-state index < -0.39 is 10.0 Å². The minimum Gasteiger partial charge on any atom is -0.497 e. The van der Waals surface area contributed by atoms with E-state index in [2.05, 4.69) is 0 Å². The molecule has 2 aliphatic rings. The van der Waals surface area contributed by atoms with Gasteiger partial charge in [-0.15, -0.1) is 0 Å². The molecule has 2 bridgehead atoms. The van der Waals surface area contributed by atoms with Crippen molar-refractivity contribution in [1.82, 2.24) is 8.87 Å². The Balaban J connectivity index is 1.56. The molecule has 5 rings (SSSR count). The van der Waals surface area contributed by atoms with Crippen molar-refractivity contribution in [3.05, 3.63) is 82.8 Å². The number of pyridine rings is 1. The number of nitrogens with zero attached hydrogens (tertiary/aromatic N) is 2. The fourth-order valence-corrected chi connectivity index (χ4v) is 6.51. The van der Waals surface area contributed by atoms with Gasteiger partial charge in [0.25, 0.3) is 5.56 Å². The lowest BCUT2D eigenvalue weighted by molar-refractivity contribution is 0.187. The SMILES string of the molecule is COc1ccc(-c2ccc(=O)n3c2[C@H]2C[C@@H](CN(S(=O)(=O)c4ccccc4)C2)C3)cc1. The maximum Gasteiger partial charge on any atom is 0.250 e. The van der Waals surface area contributed by atoms with Crippen molar-refractivity contribution in [3.63, 3.8) is 0 Å². The summed E-state index contributed by atoms with van der Waals surface area (Å²) in [5.74, 6) is 0.856. The number of fused-ring (bicyclic) bond motifs is 4. The monoisotopic (exact) mass is 436 g/mol. The summed E-state index contributed by atoms with van der Waals surface area (Å²) in [6.07, 6.45) is 0.882. The molecule has 2 aliphatic heterocycles. The predicted molar refractivity (Wildman–Crippen MR) is 119 cm³/mol. The van der Waals surface area contributed by atoms with Gasteiger partial charge in [-0.2, -0.15) is 4.31 Å². The predicted octanol–water partition coefficient (Wildman–Crippen LogP) is 3.33. The zero-order valence-electron chi connectivity index (χ0n) is 17.3. The summed E-state index contributed by atoms with van der Waals surface area (Å²) >= 11 is 0. The van der Waals surface area contributed by atoms with Crippen molar-refractivity contribution in [2.75, 3.05) is 20.2 Å². The van der Waals surface area contributed by atoms with E-state index in [0.717, 1.165) is 29.0 Å². The van der Waals surface area contributed by atoms with Gasteiger partial charge in [-0.1, -0.05) is 30.3 Å². The molecule has 7 heteroatoms. The lowest BCUT2D eigenvalue weighted by atomic mass is 9.81. The Kier molecular flexibility index (Phi) is 4.95. The molecule has 3 heterocycles. The molecule has 6 nitrogen and oxygen atoms in total. The molecular weight excluding hydrogens is 412 g/mol. The number of methoxy groups -OCH3 is 1. The highest BCUT2D eigenvalue weighted by Gasteiger charge is 2.40. The summed E-state index contributed by atoms with van der Waals surface area (Å²) in [7, 11) is -1.95. The Morgan fingerprint density at radius 1 is 0.903 bits per heavy atom. The van der Waals surface area contributed by atoms with Crippen LogP contribution in [0.25, 0.3) is 11.1 Å². The summed E-state index contributed by atoms with van der Waals surface area (Å²) < 4.78 is 35.2. The number of rotatable bonds is 4. The Morgan fingerprint density at radius 2 is 1.65 bits per heavy atom. The smallest absolute Gasteiger partial charge is 0.250 e. The molecule has 160 valence electrons. The van der Waals surface area contributed by atoms with Crippen LogP contribution < -0.4 is 10.3 Å². The molecule has 3 aromatic rings. The standard InChI is InChI=1S/C24H24N2O4S/c1-30-20-9-7-18(8-10-20)22-11-12-23(27)26-15-17-13-19(24(22)26)16-25(14-17)31(28,29)21-5-3-2-4-6-21/h2-12,17,19H,13-16H2,1H3/t17-,19-/m0/s1. The maximum atomic E-state index is 13.3. The highest BCUT2D eigenvalue weighted by atomic mass is 32.2. The number of piperidine rings is 1. The van der Waals surface area contributed by atoms with Crippen molar-refractivity contribution >= 4 is 10.0 Å². The highest BCUT2D eigenvalue weighted by Crippen LogP contribution is 2.41. The summed E-state index contributed by atoms with van der Waals surface area (Å²) in [6, 6.07) is 19.8. The van der Waals surface area contributed by atoms with Gasteiger partial charge in [-0.3, -0.25) is 4.79 Å². The molecule has 2 aromatic carbocycles. The van der Waals surface area contributed by atoms with E-state index >= 15 is 0 Å². The third-order valence-corrected chi connectivity index (χ3v) is 8.18. The van der Waals surface area contributed by atoms with Crippen molar-refractivity contribution < 1.29 is 13.2 Å². The Hall–Kier alpha value is -2.90. The van der Waals surface area contributed by atoms with Crippen molar-refractivity contribution in [2.24, 2.45) is 5.92 Å². The molecule has 31 heavy (non-hydrogen) atoms. The van der Waals surface area contributed by atoms with Crippen molar-refractivity contribution in [1.29, 1.82) is 0 Å². The molecule has 0 aliphatic carbocycles. The van der Waals surface area contributed by atoms with Gasteiger partial charge < -0.3 is 9.30 Å². The van der Waals surface area contributed by atoms with E-state index in [1.807, 2.05) is 41.0 Å². The lowest BCUT2D eigenvalue weighted by Crippen LogP contribution is -2.49. The first kappa shape index (κ1) is 20.0. The van der Waals surface area contributed by atoms with E-state index in [0.29, 0.717) is 24.5 Å². The van der Waals surface area contributed by atoms with Crippen LogP contribution in [0.5, 0.6) is 5.75 Å². The summed E-state index contributed by atoms with van der Waals surface area (Å²) in [4.78, 5) is 13.0. The number of ether oxygens (including phenoxy) is 1. The molecule has 0 saturated carbocycles. The van der Waals surface area contributed by atoms with E-state index in [9.17, 15) is 13.2 Å². The fraction of sp³-hybridized carbons (Fsp3) is 0.292. The van der Waals surface area contributed by atoms with Gasteiger partial charge in [0.1, 0.15) is 5.75 Å². The molecule has 2 atom stereocenters. The molecule has 1 saturated heterocycles. The Labute approximate surface area is 181 Å². The minimum absolute atomic E-state index is 0.0265. The lowest BCUT2D eigenvalue weighted by Gasteiger charge is -2.42. The van der Waals surface area contributed by atoms with Crippen LogP contribution >= 0.6 is 0 Å². The molecule has 0 unspecified atom stereocenters. The van der Waals surface area contributed by atoms with E-state index in [4.69, 9.17) is 4.74 Å². The van der Waals surface area contributed by atoms with Crippen molar-refractivity contribution in [2.45, 2.75) is 23.8 Å². The number of aromatic nitrogens is 1. The van der Waals surface area contributed by atoms with E-state index in [1.54, 1.807) is 41.7 Å². The van der Waals surface area contributed by atoms with Gasteiger partial charge in [0.2, 0.25) is 10.0 Å². The van der Waals surface area contributed by atoms with Crippen LogP contribution in [-0.2, 0) is 16.6 Å². The van der Waals surface area contributed by atoms with Gasteiger partial charge in [-0.25, -0.2) is 8.42 Å². The van der Waals surface area contributed by atoms with Crippen LogP contribution in [0.2, 0.25) is 0 Å². The second kappa shape index (κ2) is 7.66. The van der Waals surface area contributed by atoms with Gasteiger partial charge >= 0.3 is 0 Å². The topological polar surface area (TPSA) is 68.6 Å². The summed E-state index contributed by atoms with van der Waals surface area (Å²) in [5, 5.41) is 0.